The quantitative estimate of drug-likeness (QED) is 0.344. The molecule has 2 aromatic carbocycles. The number of allylic oxidation sites excluding steroid dienone is 1. The Morgan fingerprint density at radius 2 is 1.68 bits per heavy atom. The Labute approximate surface area is 174 Å². The van der Waals surface area contributed by atoms with E-state index < -0.39 is 12.6 Å². The third-order valence-electron chi connectivity index (χ3n) is 3.91. The second-order valence-corrected chi connectivity index (χ2v) is 9.90. The van der Waals surface area contributed by atoms with Crippen molar-refractivity contribution in [3.63, 3.8) is 0 Å². The Morgan fingerprint density at radius 3 is 2.29 bits per heavy atom. The summed E-state index contributed by atoms with van der Waals surface area (Å²) in [6.45, 7) is 4.59. The number of hydrogen-bond donors (Lipinski definition) is 0. The maximum absolute atomic E-state index is 15.0. The molecule has 0 spiro atoms. The number of halogens is 3. The predicted octanol–water partition coefficient (Wildman–Crippen LogP) is 8.10. The molecule has 3 nitrogen and oxygen atoms in total. The Hall–Kier alpha value is -0.910. The van der Waals surface area contributed by atoms with E-state index >= 15 is 0 Å². The van der Waals surface area contributed by atoms with E-state index in [-0.39, 0.29) is 34.9 Å². The molecule has 0 saturated heterocycles. The molecular weight excluding hydrogens is 425 g/mol. The van der Waals surface area contributed by atoms with Crippen molar-refractivity contribution in [1.82, 2.24) is 0 Å². The second kappa shape index (κ2) is 10.2. The van der Waals surface area contributed by atoms with Crippen LogP contribution in [0.25, 0.3) is 15.8 Å². The van der Waals surface area contributed by atoms with E-state index in [2.05, 4.69) is 0 Å². The first-order valence-corrected chi connectivity index (χ1v) is 11.9. The molecule has 0 radical (unpaired) electrons. The van der Waals surface area contributed by atoms with Crippen LogP contribution in [-0.4, -0.2) is 18.2 Å². The molecule has 0 aliphatic heterocycles. The van der Waals surface area contributed by atoms with Crippen LogP contribution in [0, 0.1) is 0 Å². The highest BCUT2D eigenvalue weighted by Crippen LogP contribution is 2.68. The summed E-state index contributed by atoms with van der Waals surface area (Å²) in [6.07, 6.45) is 0.924. The monoisotopic (exact) mass is 448 g/mol. The van der Waals surface area contributed by atoms with E-state index in [1.165, 1.54) is 13.8 Å². The lowest BCUT2D eigenvalue weighted by atomic mass is 10.0. The largest absolute Gasteiger partial charge is 0.410 e. The maximum atomic E-state index is 15.0. The average molecular weight is 449 g/mol. The van der Waals surface area contributed by atoms with Crippen LogP contribution in [0.3, 0.4) is 0 Å². The molecule has 28 heavy (non-hydrogen) atoms. The number of benzene rings is 2. The van der Waals surface area contributed by atoms with Gasteiger partial charge in [-0.3, -0.25) is 4.57 Å². The van der Waals surface area contributed by atoms with Gasteiger partial charge in [0, 0.05) is 10.5 Å². The number of hydrogen-bond acceptors (Lipinski definition) is 4. The average Bonchev–Trinajstić information content (AvgIpc) is 2.67. The summed E-state index contributed by atoms with van der Waals surface area (Å²) in [5, 5.41) is 2.05. The molecule has 0 atom stereocenters. The number of thioether (sulfide) groups is 1. The highest BCUT2D eigenvalue weighted by atomic mass is 35.5. The maximum Gasteiger partial charge on any atom is 0.410 e. The van der Waals surface area contributed by atoms with E-state index in [1.807, 2.05) is 43.3 Å². The second-order valence-electron chi connectivity index (χ2n) is 5.93. The fourth-order valence-corrected chi connectivity index (χ4v) is 6.06. The fraction of sp³-hybridized carbons (Fsp3) is 0.400. The Kier molecular flexibility index (Phi) is 8.53. The molecule has 0 aliphatic rings. The summed E-state index contributed by atoms with van der Waals surface area (Å²) in [5.74, 6) is 0. The van der Waals surface area contributed by atoms with Crippen molar-refractivity contribution >= 4 is 46.8 Å². The van der Waals surface area contributed by atoms with Gasteiger partial charge in [-0.15, -0.1) is 0 Å². The molecule has 154 valence electrons. The molecule has 0 fully saturated rings. The third kappa shape index (κ3) is 5.17. The van der Waals surface area contributed by atoms with Gasteiger partial charge in [-0.1, -0.05) is 67.4 Å². The third-order valence-corrected chi connectivity index (χ3v) is 8.13. The summed E-state index contributed by atoms with van der Waals surface area (Å²) in [5.41, 5.74) is 0.661. The van der Waals surface area contributed by atoms with Gasteiger partial charge in [0.2, 0.25) is 0 Å². The van der Waals surface area contributed by atoms with Gasteiger partial charge in [0.1, 0.15) is 0 Å². The fourth-order valence-electron chi connectivity index (χ4n) is 2.73. The first-order chi connectivity index (χ1) is 13.3. The van der Waals surface area contributed by atoms with Gasteiger partial charge in [-0.05, 0) is 42.8 Å². The van der Waals surface area contributed by atoms with Crippen LogP contribution >= 0.6 is 31.0 Å². The lowest BCUT2D eigenvalue weighted by Gasteiger charge is -2.26. The van der Waals surface area contributed by atoms with Crippen LogP contribution in [0.15, 0.2) is 47.4 Å². The van der Waals surface area contributed by atoms with Crippen LogP contribution in [0.1, 0.15) is 39.2 Å². The molecule has 2 rings (SSSR count). The van der Waals surface area contributed by atoms with Crippen LogP contribution < -0.4 is 0 Å². The van der Waals surface area contributed by atoms with Crippen molar-refractivity contribution in [3.05, 3.63) is 52.9 Å². The topological polar surface area (TPSA) is 35.5 Å². The van der Waals surface area contributed by atoms with E-state index in [0.29, 0.717) is 18.4 Å². The van der Waals surface area contributed by atoms with E-state index in [9.17, 15) is 13.3 Å². The van der Waals surface area contributed by atoms with Gasteiger partial charge < -0.3 is 9.05 Å². The highest BCUT2D eigenvalue weighted by Gasteiger charge is 2.55. The van der Waals surface area contributed by atoms with Gasteiger partial charge >= 0.3 is 12.6 Å². The van der Waals surface area contributed by atoms with Crippen molar-refractivity contribution in [1.29, 1.82) is 0 Å². The van der Waals surface area contributed by atoms with Crippen molar-refractivity contribution in [2.75, 3.05) is 13.2 Å². The molecule has 0 aromatic heterocycles. The van der Waals surface area contributed by atoms with Gasteiger partial charge in [0.05, 0.1) is 18.2 Å². The van der Waals surface area contributed by atoms with Gasteiger partial charge in [0.15, 0.2) is 0 Å². The molecule has 2 aromatic rings. The van der Waals surface area contributed by atoms with Gasteiger partial charge in [-0.25, -0.2) is 0 Å². The molecule has 0 heterocycles. The molecule has 0 bridgehead atoms. The normalized spacial score (nSPS) is 13.6. The molecular formula is C20H24ClF2O3PS. The standard InChI is InChI=1S/C20H24ClF2O3PS/c1-4-10-18(28-20(22,23)27(24,25-5-2)26-6-3)19(21)17-14-9-12-15-11-7-8-13-16(15)17/h7-9,11-14H,4-6,10H2,1-3H3/b19-18+. The molecule has 0 amide bonds. The molecule has 0 saturated carbocycles. The number of rotatable bonds is 10. The molecule has 0 aliphatic carbocycles. The smallest absolute Gasteiger partial charge is 0.304 e. The number of fused-ring (bicyclic) bond motifs is 1. The van der Waals surface area contributed by atoms with Gasteiger partial charge in [0.25, 0.3) is 0 Å². The van der Waals surface area contributed by atoms with E-state index in [1.54, 1.807) is 6.07 Å². The SMILES string of the molecule is CCC/C(SC(F)(F)P(=O)(OCC)OCC)=C(\Cl)c1cccc2ccccc12. The lowest BCUT2D eigenvalue weighted by molar-refractivity contribution is 0.112. The molecule has 8 heteroatoms. The summed E-state index contributed by atoms with van der Waals surface area (Å²) in [6, 6.07) is 13.2. The van der Waals surface area contributed by atoms with Crippen molar-refractivity contribution < 1.29 is 22.4 Å². The van der Waals surface area contributed by atoms with Crippen molar-refractivity contribution in [2.24, 2.45) is 0 Å². The summed E-state index contributed by atoms with van der Waals surface area (Å²) in [7, 11) is -4.64. The zero-order valence-corrected chi connectivity index (χ0v) is 18.6. The van der Waals surface area contributed by atoms with Crippen LogP contribution in [0.4, 0.5) is 8.78 Å². The molecule has 0 unspecified atom stereocenters. The minimum atomic E-state index is -4.64. The summed E-state index contributed by atoms with van der Waals surface area (Å²) >= 11 is 6.77. The minimum absolute atomic E-state index is 0.142. The van der Waals surface area contributed by atoms with E-state index in [0.717, 1.165) is 10.8 Å². The van der Waals surface area contributed by atoms with Crippen molar-refractivity contribution in [3.8, 4) is 0 Å². The van der Waals surface area contributed by atoms with Crippen molar-refractivity contribution in [2.45, 2.75) is 38.6 Å². The van der Waals surface area contributed by atoms with Crippen LogP contribution in [0.2, 0.25) is 0 Å². The summed E-state index contributed by atoms with van der Waals surface area (Å²) in [4.78, 5) is -3.50. The first kappa shape index (κ1) is 23.4. The zero-order valence-electron chi connectivity index (χ0n) is 16.1. The van der Waals surface area contributed by atoms with Gasteiger partial charge in [-0.2, -0.15) is 8.78 Å². The van der Waals surface area contributed by atoms with Crippen LogP contribution in [0.5, 0.6) is 0 Å². The minimum Gasteiger partial charge on any atom is -0.304 e. The molecule has 0 N–H and O–H groups in total. The first-order valence-electron chi connectivity index (χ1n) is 9.12. The summed E-state index contributed by atoms with van der Waals surface area (Å²) < 4.78 is 52.3. The highest BCUT2D eigenvalue weighted by molar-refractivity contribution is 8.09. The Balaban J connectivity index is 2.52. The Morgan fingerprint density at radius 1 is 1.07 bits per heavy atom. The van der Waals surface area contributed by atoms with Crippen LogP contribution in [-0.2, 0) is 13.6 Å². The zero-order chi connectivity index (χ0) is 20.8. The predicted molar refractivity (Wildman–Crippen MR) is 115 cm³/mol. The lowest BCUT2D eigenvalue weighted by Crippen LogP contribution is -2.17. The number of alkyl halides is 2. The Bertz CT molecular complexity index is 873. The van der Waals surface area contributed by atoms with E-state index in [4.69, 9.17) is 20.6 Å².